The summed E-state index contributed by atoms with van der Waals surface area (Å²) in [6, 6.07) is 15.8. The summed E-state index contributed by atoms with van der Waals surface area (Å²) in [5.74, 6) is 0.108. The maximum Gasteiger partial charge on any atom is 0.227 e. The van der Waals surface area contributed by atoms with E-state index in [4.69, 9.17) is 5.73 Å². The highest BCUT2D eigenvalue weighted by Crippen LogP contribution is 2.23. The standard InChI is InChI=1S/C18H22N2O/c1-3-20(17-10-5-4-9-16(17)19)18(21)12-11-15-8-6-7-14(2)13-15/h4-10,13H,3,11-12,19H2,1-2H3. The molecule has 0 unspecified atom stereocenters. The smallest absolute Gasteiger partial charge is 0.227 e. The minimum atomic E-state index is 0.108. The lowest BCUT2D eigenvalue weighted by Crippen LogP contribution is -2.31. The topological polar surface area (TPSA) is 46.3 Å². The number of amides is 1. The third-order valence-electron chi connectivity index (χ3n) is 3.55. The van der Waals surface area contributed by atoms with E-state index in [1.54, 1.807) is 4.90 Å². The number of hydrogen-bond acceptors (Lipinski definition) is 2. The Kier molecular flexibility index (Phi) is 4.99. The number of rotatable bonds is 5. The van der Waals surface area contributed by atoms with Crippen molar-refractivity contribution >= 4 is 17.3 Å². The van der Waals surface area contributed by atoms with Crippen LogP contribution in [0, 0.1) is 6.92 Å². The van der Waals surface area contributed by atoms with Crippen LogP contribution >= 0.6 is 0 Å². The number of nitrogen functional groups attached to an aromatic ring is 1. The molecular weight excluding hydrogens is 260 g/mol. The van der Waals surface area contributed by atoms with Gasteiger partial charge in [-0.15, -0.1) is 0 Å². The van der Waals surface area contributed by atoms with Gasteiger partial charge in [0.1, 0.15) is 0 Å². The van der Waals surface area contributed by atoms with E-state index in [0.29, 0.717) is 18.7 Å². The zero-order chi connectivity index (χ0) is 15.2. The summed E-state index contributed by atoms with van der Waals surface area (Å²) in [4.78, 5) is 14.2. The van der Waals surface area contributed by atoms with Crippen molar-refractivity contribution < 1.29 is 4.79 Å². The second kappa shape index (κ2) is 6.93. The summed E-state index contributed by atoms with van der Waals surface area (Å²) in [7, 11) is 0. The lowest BCUT2D eigenvalue weighted by atomic mass is 10.1. The van der Waals surface area contributed by atoms with Gasteiger partial charge >= 0.3 is 0 Å². The van der Waals surface area contributed by atoms with E-state index in [1.165, 1.54) is 11.1 Å². The molecule has 0 fully saturated rings. The van der Waals surface area contributed by atoms with Crippen molar-refractivity contribution in [2.24, 2.45) is 0 Å². The van der Waals surface area contributed by atoms with Gasteiger partial charge in [0.25, 0.3) is 0 Å². The summed E-state index contributed by atoms with van der Waals surface area (Å²) in [5.41, 5.74) is 9.83. The molecule has 0 heterocycles. The summed E-state index contributed by atoms with van der Waals surface area (Å²) >= 11 is 0. The molecule has 3 nitrogen and oxygen atoms in total. The number of para-hydroxylation sites is 2. The molecule has 0 saturated heterocycles. The molecule has 1 amide bonds. The van der Waals surface area contributed by atoms with Crippen molar-refractivity contribution in [2.75, 3.05) is 17.2 Å². The molecule has 0 spiro atoms. The highest BCUT2D eigenvalue weighted by molar-refractivity contribution is 5.96. The van der Waals surface area contributed by atoms with Crippen LogP contribution in [0.25, 0.3) is 0 Å². The molecule has 2 aromatic carbocycles. The van der Waals surface area contributed by atoms with Gasteiger partial charge in [0, 0.05) is 13.0 Å². The second-order valence-corrected chi connectivity index (χ2v) is 5.19. The van der Waals surface area contributed by atoms with Crippen LogP contribution in [0.15, 0.2) is 48.5 Å². The van der Waals surface area contributed by atoms with Gasteiger partial charge in [-0.25, -0.2) is 0 Å². The first-order chi connectivity index (χ1) is 10.1. The van der Waals surface area contributed by atoms with Gasteiger partial charge in [-0.1, -0.05) is 42.0 Å². The molecule has 0 aliphatic carbocycles. The Bertz CT molecular complexity index is 622. The molecule has 0 aliphatic rings. The minimum Gasteiger partial charge on any atom is -0.397 e. The Morgan fingerprint density at radius 2 is 1.90 bits per heavy atom. The number of aryl methyl sites for hydroxylation is 2. The Morgan fingerprint density at radius 3 is 2.57 bits per heavy atom. The van der Waals surface area contributed by atoms with E-state index in [0.717, 1.165) is 12.1 Å². The first kappa shape index (κ1) is 15.1. The van der Waals surface area contributed by atoms with Gasteiger partial charge in [-0.2, -0.15) is 0 Å². The lowest BCUT2D eigenvalue weighted by Gasteiger charge is -2.22. The van der Waals surface area contributed by atoms with Crippen LogP contribution in [0.1, 0.15) is 24.5 Å². The first-order valence-corrected chi connectivity index (χ1v) is 7.32. The zero-order valence-electron chi connectivity index (χ0n) is 12.7. The number of carbonyl (C=O) groups is 1. The Morgan fingerprint density at radius 1 is 1.14 bits per heavy atom. The number of nitrogens with two attached hydrogens (primary N) is 1. The maximum absolute atomic E-state index is 12.5. The van der Waals surface area contributed by atoms with Crippen LogP contribution in [-0.2, 0) is 11.2 Å². The summed E-state index contributed by atoms with van der Waals surface area (Å²) in [6.07, 6.45) is 1.25. The molecular formula is C18H22N2O. The summed E-state index contributed by atoms with van der Waals surface area (Å²) < 4.78 is 0. The Hall–Kier alpha value is -2.29. The molecule has 2 N–H and O–H groups in total. The fourth-order valence-electron chi connectivity index (χ4n) is 2.47. The fourth-order valence-corrected chi connectivity index (χ4v) is 2.47. The fraction of sp³-hybridized carbons (Fsp3) is 0.278. The van der Waals surface area contributed by atoms with Crippen LogP contribution in [0.2, 0.25) is 0 Å². The minimum absolute atomic E-state index is 0.108. The molecule has 3 heteroatoms. The normalized spacial score (nSPS) is 10.4. The van der Waals surface area contributed by atoms with Crippen LogP contribution in [-0.4, -0.2) is 12.5 Å². The number of anilines is 2. The predicted molar refractivity (Wildman–Crippen MR) is 88.4 cm³/mol. The monoisotopic (exact) mass is 282 g/mol. The summed E-state index contributed by atoms with van der Waals surface area (Å²) in [5, 5.41) is 0. The van der Waals surface area contributed by atoms with Crippen molar-refractivity contribution in [1.29, 1.82) is 0 Å². The van der Waals surface area contributed by atoms with Crippen LogP contribution in [0.5, 0.6) is 0 Å². The van der Waals surface area contributed by atoms with E-state index in [9.17, 15) is 4.79 Å². The van der Waals surface area contributed by atoms with Crippen LogP contribution in [0.4, 0.5) is 11.4 Å². The van der Waals surface area contributed by atoms with E-state index < -0.39 is 0 Å². The van der Waals surface area contributed by atoms with Gasteiger partial charge in [0.15, 0.2) is 0 Å². The van der Waals surface area contributed by atoms with Crippen molar-refractivity contribution in [3.63, 3.8) is 0 Å². The number of nitrogens with zero attached hydrogens (tertiary/aromatic N) is 1. The van der Waals surface area contributed by atoms with Crippen molar-refractivity contribution in [3.8, 4) is 0 Å². The molecule has 0 saturated carbocycles. The average molecular weight is 282 g/mol. The molecule has 0 bridgehead atoms. The third kappa shape index (κ3) is 3.85. The largest absolute Gasteiger partial charge is 0.397 e. The molecule has 110 valence electrons. The van der Waals surface area contributed by atoms with E-state index in [2.05, 4.69) is 25.1 Å². The molecule has 21 heavy (non-hydrogen) atoms. The number of carbonyl (C=O) groups excluding carboxylic acids is 1. The molecule has 0 atom stereocenters. The van der Waals surface area contributed by atoms with Gasteiger partial charge in [0.2, 0.25) is 5.91 Å². The van der Waals surface area contributed by atoms with Gasteiger partial charge in [-0.3, -0.25) is 4.79 Å². The number of benzene rings is 2. The third-order valence-corrected chi connectivity index (χ3v) is 3.55. The highest BCUT2D eigenvalue weighted by atomic mass is 16.2. The average Bonchev–Trinajstić information content (AvgIpc) is 2.48. The molecule has 0 radical (unpaired) electrons. The van der Waals surface area contributed by atoms with E-state index in [-0.39, 0.29) is 5.91 Å². The van der Waals surface area contributed by atoms with Crippen molar-refractivity contribution in [2.45, 2.75) is 26.7 Å². The Balaban J connectivity index is 2.06. The lowest BCUT2D eigenvalue weighted by molar-refractivity contribution is -0.118. The first-order valence-electron chi connectivity index (χ1n) is 7.32. The van der Waals surface area contributed by atoms with E-state index in [1.807, 2.05) is 37.3 Å². The van der Waals surface area contributed by atoms with Crippen LogP contribution in [0.3, 0.4) is 0 Å². The molecule has 2 rings (SSSR count). The molecule has 2 aromatic rings. The van der Waals surface area contributed by atoms with E-state index >= 15 is 0 Å². The van der Waals surface area contributed by atoms with Gasteiger partial charge in [-0.05, 0) is 38.0 Å². The predicted octanol–water partition coefficient (Wildman–Crippen LogP) is 3.56. The summed E-state index contributed by atoms with van der Waals surface area (Å²) in [6.45, 7) is 4.66. The van der Waals surface area contributed by atoms with Crippen molar-refractivity contribution in [3.05, 3.63) is 59.7 Å². The van der Waals surface area contributed by atoms with Gasteiger partial charge in [0.05, 0.1) is 11.4 Å². The van der Waals surface area contributed by atoms with Crippen LogP contribution < -0.4 is 10.6 Å². The second-order valence-electron chi connectivity index (χ2n) is 5.19. The maximum atomic E-state index is 12.5. The number of hydrogen-bond donors (Lipinski definition) is 1. The van der Waals surface area contributed by atoms with Crippen molar-refractivity contribution in [1.82, 2.24) is 0 Å². The SMILES string of the molecule is CCN(C(=O)CCc1cccc(C)c1)c1ccccc1N. The quantitative estimate of drug-likeness (QED) is 0.852. The van der Waals surface area contributed by atoms with Gasteiger partial charge < -0.3 is 10.6 Å². The highest BCUT2D eigenvalue weighted by Gasteiger charge is 2.15. The zero-order valence-corrected chi connectivity index (χ0v) is 12.7. The molecule has 0 aromatic heterocycles. The Labute approximate surface area is 126 Å². The molecule has 0 aliphatic heterocycles.